The summed E-state index contributed by atoms with van der Waals surface area (Å²) >= 11 is 0. The molecular weight excluding hydrogens is 409 g/mol. The highest BCUT2D eigenvalue weighted by Crippen LogP contribution is 2.33. The summed E-state index contributed by atoms with van der Waals surface area (Å²) in [4.78, 5) is 21.2. The van der Waals surface area contributed by atoms with Gasteiger partial charge in [0.2, 0.25) is 0 Å². The van der Waals surface area contributed by atoms with Crippen molar-refractivity contribution >= 4 is 11.9 Å². The summed E-state index contributed by atoms with van der Waals surface area (Å²) in [5.74, 6) is -2.52. The minimum absolute atomic E-state index is 0.0190. The largest absolute Gasteiger partial charge is 0.447 e. The minimum atomic E-state index is -4.64. The van der Waals surface area contributed by atoms with E-state index in [1.807, 2.05) is 13.8 Å². The Balaban J connectivity index is 1.86. The molecule has 1 aromatic carbocycles. The minimum Gasteiger partial charge on any atom is -0.447 e. The first-order valence-corrected chi connectivity index (χ1v) is 9.33. The van der Waals surface area contributed by atoms with Crippen LogP contribution in [-0.4, -0.2) is 28.7 Å². The Labute approximate surface area is 169 Å². The fourth-order valence-corrected chi connectivity index (χ4v) is 3.32. The number of rotatable bonds is 5. The second-order valence-electron chi connectivity index (χ2n) is 7.56. The van der Waals surface area contributed by atoms with Gasteiger partial charge in [0.05, 0.1) is 17.8 Å². The zero-order valence-corrected chi connectivity index (χ0v) is 16.5. The topological polar surface area (TPSA) is 55.3 Å². The first-order chi connectivity index (χ1) is 14.0. The lowest BCUT2D eigenvalue weighted by Crippen LogP contribution is -2.38. The van der Waals surface area contributed by atoms with Crippen molar-refractivity contribution in [3.05, 3.63) is 53.0 Å². The SMILES string of the molecule is CC(C)[C@H]1COC(=O)N1c1nc(C[C@@H](C)c2ccc(C(F)(F)F)cc2F)ncc1F. The third-order valence-electron chi connectivity index (χ3n) is 5.03. The van der Waals surface area contributed by atoms with E-state index in [0.717, 1.165) is 23.2 Å². The van der Waals surface area contributed by atoms with Crippen LogP contribution in [0.1, 0.15) is 43.6 Å². The van der Waals surface area contributed by atoms with Crippen LogP contribution in [0.4, 0.5) is 32.6 Å². The smallest absolute Gasteiger partial charge is 0.416 e. The Morgan fingerprint density at radius 2 is 1.90 bits per heavy atom. The van der Waals surface area contributed by atoms with E-state index >= 15 is 0 Å². The van der Waals surface area contributed by atoms with Gasteiger partial charge in [0.1, 0.15) is 18.2 Å². The van der Waals surface area contributed by atoms with Crippen LogP contribution < -0.4 is 4.90 Å². The van der Waals surface area contributed by atoms with E-state index in [0.29, 0.717) is 6.07 Å². The normalized spacial score (nSPS) is 18.1. The molecule has 2 aromatic rings. The van der Waals surface area contributed by atoms with Gasteiger partial charge in [0.25, 0.3) is 0 Å². The van der Waals surface area contributed by atoms with E-state index in [9.17, 15) is 26.7 Å². The van der Waals surface area contributed by atoms with Crippen LogP contribution >= 0.6 is 0 Å². The Hall–Kier alpha value is -2.78. The number of hydrogen-bond donors (Lipinski definition) is 0. The van der Waals surface area contributed by atoms with Crippen LogP contribution in [0.2, 0.25) is 0 Å². The maximum absolute atomic E-state index is 14.4. The van der Waals surface area contributed by atoms with Gasteiger partial charge >= 0.3 is 12.3 Å². The number of benzene rings is 1. The molecule has 10 heteroatoms. The van der Waals surface area contributed by atoms with Gasteiger partial charge in [0, 0.05) is 6.42 Å². The molecule has 1 fully saturated rings. The number of cyclic esters (lactones) is 1. The predicted molar refractivity (Wildman–Crippen MR) is 98.0 cm³/mol. The highest BCUT2D eigenvalue weighted by atomic mass is 19.4. The number of aromatic nitrogens is 2. The second-order valence-corrected chi connectivity index (χ2v) is 7.56. The summed E-state index contributed by atoms with van der Waals surface area (Å²) < 4.78 is 71.8. The third kappa shape index (κ3) is 4.36. The van der Waals surface area contributed by atoms with E-state index in [-0.39, 0.29) is 36.2 Å². The molecule has 0 N–H and O–H groups in total. The first-order valence-electron chi connectivity index (χ1n) is 9.33. The number of amides is 1. The van der Waals surface area contributed by atoms with E-state index in [2.05, 4.69) is 9.97 Å². The predicted octanol–water partition coefficient (Wildman–Crippen LogP) is 5.10. The molecule has 30 heavy (non-hydrogen) atoms. The lowest BCUT2D eigenvalue weighted by molar-refractivity contribution is -0.137. The van der Waals surface area contributed by atoms with Gasteiger partial charge < -0.3 is 4.74 Å². The molecule has 0 saturated carbocycles. The lowest BCUT2D eigenvalue weighted by atomic mass is 9.95. The molecule has 3 rings (SSSR count). The summed E-state index contributed by atoms with van der Waals surface area (Å²) in [7, 11) is 0. The van der Waals surface area contributed by atoms with Crippen LogP contribution in [0.25, 0.3) is 0 Å². The maximum Gasteiger partial charge on any atom is 0.416 e. The van der Waals surface area contributed by atoms with Gasteiger partial charge in [-0.15, -0.1) is 0 Å². The number of alkyl halides is 3. The van der Waals surface area contributed by atoms with Gasteiger partial charge in [-0.3, -0.25) is 4.90 Å². The van der Waals surface area contributed by atoms with Crippen molar-refractivity contribution in [1.82, 2.24) is 9.97 Å². The number of carbonyl (C=O) groups excluding carboxylic acids is 1. The Bertz CT molecular complexity index is 949. The Morgan fingerprint density at radius 1 is 1.20 bits per heavy atom. The highest BCUT2D eigenvalue weighted by molar-refractivity contribution is 5.89. The number of hydrogen-bond acceptors (Lipinski definition) is 4. The highest BCUT2D eigenvalue weighted by Gasteiger charge is 2.39. The molecule has 0 bridgehead atoms. The fourth-order valence-electron chi connectivity index (χ4n) is 3.32. The van der Waals surface area contributed by atoms with E-state index < -0.39 is 41.4 Å². The van der Waals surface area contributed by atoms with Crippen LogP contribution in [0, 0.1) is 17.6 Å². The van der Waals surface area contributed by atoms with E-state index in [1.54, 1.807) is 6.92 Å². The molecular formula is C20H20F5N3O2. The number of ether oxygens (including phenoxy) is 1. The molecule has 0 unspecified atom stereocenters. The van der Waals surface area contributed by atoms with Gasteiger partial charge in [0.15, 0.2) is 11.6 Å². The summed E-state index contributed by atoms with van der Waals surface area (Å²) in [5.41, 5.74) is -1.03. The molecule has 1 aromatic heterocycles. The number of anilines is 1. The Morgan fingerprint density at radius 3 is 2.50 bits per heavy atom. The van der Waals surface area contributed by atoms with Crippen LogP contribution in [0.5, 0.6) is 0 Å². The summed E-state index contributed by atoms with van der Waals surface area (Å²) in [5, 5.41) is 0. The summed E-state index contributed by atoms with van der Waals surface area (Å²) in [6, 6.07) is 1.91. The average molecular weight is 429 g/mol. The van der Waals surface area contributed by atoms with Crippen molar-refractivity contribution < 1.29 is 31.5 Å². The van der Waals surface area contributed by atoms with Gasteiger partial charge in [-0.25, -0.2) is 23.5 Å². The molecule has 1 saturated heterocycles. The molecule has 1 aliphatic rings. The van der Waals surface area contributed by atoms with Crippen LogP contribution in [0.3, 0.4) is 0 Å². The fraction of sp³-hybridized carbons (Fsp3) is 0.450. The van der Waals surface area contributed by atoms with Crippen molar-refractivity contribution in [3.8, 4) is 0 Å². The monoisotopic (exact) mass is 429 g/mol. The second kappa shape index (κ2) is 8.16. The number of halogens is 5. The van der Waals surface area contributed by atoms with Gasteiger partial charge in [-0.05, 0) is 29.5 Å². The molecule has 5 nitrogen and oxygen atoms in total. The summed E-state index contributed by atoms with van der Waals surface area (Å²) in [6.07, 6.45) is -4.42. The zero-order valence-electron chi connectivity index (χ0n) is 16.5. The lowest BCUT2D eigenvalue weighted by Gasteiger charge is -2.24. The molecule has 1 aliphatic heterocycles. The number of carbonyl (C=O) groups is 1. The molecule has 0 spiro atoms. The van der Waals surface area contributed by atoms with Crippen molar-refractivity contribution in [3.63, 3.8) is 0 Å². The average Bonchev–Trinajstić information content (AvgIpc) is 3.04. The van der Waals surface area contributed by atoms with Gasteiger partial charge in [-0.2, -0.15) is 13.2 Å². The first kappa shape index (κ1) is 21.9. The zero-order chi connectivity index (χ0) is 22.2. The molecule has 1 amide bonds. The standard InChI is InChI=1S/C20H20F5N3O2/c1-10(2)16-9-30-19(29)28(16)18-15(22)8-26-17(27-18)6-11(3)13-5-4-12(7-14(13)21)20(23,24)25/h4-5,7-8,10-11,16H,6,9H2,1-3H3/t11-,16-/m1/s1. The Kier molecular flexibility index (Phi) is 5.96. The van der Waals surface area contributed by atoms with Crippen molar-refractivity contribution in [1.29, 1.82) is 0 Å². The van der Waals surface area contributed by atoms with Crippen LogP contribution in [-0.2, 0) is 17.3 Å². The molecule has 2 atom stereocenters. The van der Waals surface area contributed by atoms with Crippen molar-refractivity contribution in [2.45, 2.75) is 45.3 Å². The van der Waals surface area contributed by atoms with Crippen LogP contribution in [0.15, 0.2) is 24.4 Å². The molecule has 2 heterocycles. The van der Waals surface area contributed by atoms with E-state index in [4.69, 9.17) is 4.74 Å². The van der Waals surface area contributed by atoms with Crippen molar-refractivity contribution in [2.75, 3.05) is 11.5 Å². The third-order valence-corrected chi connectivity index (χ3v) is 5.03. The molecule has 0 radical (unpaired) electrons. The van der Waals surface area contributed by atoms with Crippen molar-refractivity contribution in [2.24, 2.45) is 5.92 Å². The quantitative estimate of drug-likeness (QED) is 0.621. The van der Waals surface area contributed by atoms with Gasteiger partial charge in [-0.1, -0.05) is 26.8 Å². The molecule has 0 aliphatic carbocycles. The van der Waals surface area contributed by atoms with E-state index in [1.165, 1.54) is 0 Å². The molecule has 162 valence electrons. The maximum atomic E-state index is 14.4. The summed E-state index contributed by atoms with van der Waals surface area (Å²) in [6.45, 7) is 5.41. The number of nitrogens with zero attached hydrogens (tertiary/aromatic N) is 3.